The van der Waals surface area contributed by atoms with Gasteiger partial charge in [0.2, 0.25) is 0 Å². The minimum absolute atomic E-state index is 0.0235. The minimum Gasteiger partial charge on any atom is -0.478 e. The van der Waals surface area contributed by atoms with Crippen LogP contribution in [0.1, 0.15) is 44.1 Å². The van der Waals surface area contributed by atoms with Crippen LogP contribution in [-0.4, -0.2) is 41.1 Å². The average molecular weight is 470 g/mol. The van der Waals surface area contributed by atoms with Gasteiger partial charge in [-0.05, 0) is 56.5 Å². The third-order valence-corrected chi connectivity index (χ3v) is 7.18. The molecule has 6 nitrogen and oxygen atoms in total. The summed E-state index contributed by atoms with van der Waals surface area (Å²) in [6.45, 7) is 5.15. The van der Waals surface area contributed by atoms with Crippen molar-refractivity contribution in [2.75, 3.05) is 18.0 Å². The maximum absolute atomic E-state index is 13.0. The number of aromatic nitrogens is 1. The molecule has 0 bridgehead atoms. The quantitative estimate of drug-likeness (QED) is 0.538. The van der Waals surface area contributed by atoms with E-state index in [1.165, 1.54) is 11.3 Å². The van der Waals surface area contributed by atoms with Gasteiger partial charge in [-0.2, -0.15) is 0 Å². The lowest BCUT2D eigenvalue weighted by atomic mass is 10.0. The van der Waals surface area contributed by atoms with E-state index < -0.39 is 5.97 Å². The fraction of sp³-hybridized carbons (Fsp3) is 0.292. The first-order valence-corrected chi connectivity index (χ1v) is 11.6. The Kier molecular flexibility index (Phi) is 6.48. The highest BCUT2D eigenvalue weighted by atomic mass is 35.5. The number of halogens is 1. The zero-order chi connectivity index (χ0) is 22.8. The number of piperidine rings is 1. The Hall–Kier alpha value is -2.90. The summed E-state index contributed by atoms with van der Waals surface area (Å²) in [5.74, 6) is -1.05. The van der Waals surface area contributed by atoms with E-state index in [-0.39, 0.29) is 11.9 Å². The van der Waals surface area contributed by atoms with E-state index in [9.17, 15) is 14.7 Å². The Balaban J connectivity index is 1.48. The van der Waals surface area contributed by atoms with Crippen molar-refractivity contribution in [1.82, 2.24) is 10.3 Å². The summed E-state index contributed by atoms with van der Waals surface area (Å²) < 4.78 is 0. The molecule has 1 unspecified atom stereocenters. The molecule has 0 spiro atoms. The summed E-state index contributed by atoms with van der Waals surface area (Å²) in [6, 6.07) is 12.7. The Labute approximate surface area is 195 Å². The van der Waals surface area contributed by atoms with Gasteiger partial charge in [-0.1, -0.05) is 29.8 Å². The molecule has 2 aromatic carbocycles. The molecule has 0 aliphatic carbocycles. The molecule has 0 saturated carbocycles. The second-order valence-electron chi connectivity index (χ2n) is 7.95. The standard InChI is InChI=1S/C24H24ClN3O3S/c1-14-19(24(30)31)6-3-7-20(14)28-12-4-5-18(13-28)27-22(29)21-15(2)26-23(32-21)16-8-10-17(25)11-9-16/h3,6-11,18H,4-5,12-13H2,1-2H3,(H,27,29)(H,30,31). The van der Waals surface area contributed by atoms with Crippen molar-refractivity contribution in [1.29, 1.82) is 0 Å². The lowest BCUT2D eigenvalue weighted by Gasteiger charge is -2.35. The van der Waals surface area contributed by atoms with Gasteiger partial charge in [0.25, 0.3) is 5.91 Å². The molecule has 32 heavy (non-hydrogen) atoms. The van der Waals surface area contributed by atoms with Crippen molar-refractivity contribution in [2.24, 2.45) is 0 Å². The SMILES string of the molecule is Cc1nc(-c2ccc(Cl)cc2)sc1C(=O)NC1CCCN(c2cccc(C(=O)O)c2C)C1. The molecule has 4 rings (SSSR count). The van der Waals surface area contributed by atoms with Gasteiger partial charge in [-0.3, -0.25) is 4.79 Å². The molecular formula is C24H24ClN3O3S. The highest BCUT2D eigenvalue weighted by Gasteiger charge is 2.25. The minimum atomic E-state index is -0.927. The van der Waals surface area contributed by atoms with E-state index in [0.717, 1.165) is 41.2 Å². The highest BCUT2D eigenvalue weighted by Crippen LogP contribution is 2.30. The zero-order valence-electron chi connectivity index (χ0n) is 17.9. The number of amides is 1. The summed E-state index contributed by atoms with van der Waals surface area (Å²) in [5.41, 5.74) is 3.60. The number of nitrogens with zero attached hydrogens (tertiary/aromatic N) is 2. The maximum Gasteiger partial charge on any atom is 0.336 e. The van der Waals surface area contributed by atoms with Crippen LogP contribution in [0.3, 0.4) is 0 Å². The lowest BCUT2D eigenvalue weighted by molar-refractivity contribution is 0.0696. The number of carboxylic acids is 1. The molecule has 2 N–H and O–H groups in total. The molecule has 166 valence electrons. The van der Waals surface area contributed by atoms with Crippen LogP contribution in [0, 0.1) is 13.8 Å². The number of hydrogen-bond donors (Lipinski definition) is 2. The van der Waals surface area contributed by atoms with E-state index in [1.54, 1.807) is 12.1 Å². The van der Waals surface area contributed by atoms with E-state index in [4.69, 9.17) is 11.6 Å². The molecule has 1 saturated heterocycles. The number of hydrogen-bond acceptors (Lipinski definition) is 5. The predicted molar refractivity (Wildman–Crippen MR) is 128 cm³/mol. The zero-order valence-corrected chi connectivity index (χ0v) is 19.5. The van der Waals surface area contributed by atoms with E-state index in [0.29, 0.717) is 27.7 Å². The number of aromatic carboxylic acids is 1. The number of nitrogens with one attached hydrogen (secondary N) is 1. The molecule has 3 aromatic rings. The smallest absolute Gasteiger partial charge is 0.336 e. The summed E-state index contributed by atoms with van der Waals surface area (Å²) in [4.78, 5) is 31.9. The molecule has 0 radical (unpaired) electrons. The second-order valence-corrected chi connectivity index (χ2v) is 9.39. The predicted octanol–water partition coefficient (Wildman–Crippen LogP) is 5.18. The van der Waals surface area contributed by atoms with Gasteiger partial charge in [0.15, 0.2) is 0 Å². The molecular weight excluding hydrogens is 446 g/mol. The van der Waals surface area contributed by atoms with Crippen LogP contribution in [0.5, 0.6) is 0 Å². The van der Waals surface area contributed by atoms with Gasteiger partial charge in [0.05, 0.1) is 11.3 Å². The van der Waals surface area contributed by atoms with Crippen LogP contribution in [0.2, 0.25) is 5.02 Å². The van der Waals surface area contributed by atoms with Crippen LogP contribution in [0.25, 0.3) is 10.6 Å². The second kappa shape index (κ2) is 9.30. The van der Waals surface area contributed by atoms with E-state index in [2.05, 4.69) is 15.2 Å². The number of aryl methyl sites for hydroxylation is 1. The molecule has 8 heteroatoms. The van der Waals surface area contributed by atoms with Crippen molar-refractivity contribution in [3.8, 4) is 10.6 Å². The molecule has 1 fully saturated rings. The maximum atomic E-state index is 13.0. The number of carbonyl (C=O) groups excluding carboxylic acids is 1. The third-order valence-electron chi connectivity index (χ3n) is 5.73. The topological polar surface area (TPSA) is 82.5 Å². The number of anilines is 1. The molecule has 2 heterocycles. The van der Waals surface area contributed by atoms with Gasteiger partial charge in [-0.15, -0.1) is 11.3 Å². The first kappa shape index (κ1) is 22.3. The Bertz CT molecular complexity index is 1160. The highest BCUT2D eigenvalue weighted by molar-refractivity contribution is 7.17. The number of rotatable bonds is 5. The average Bonchev–Trinajstić information content (AvgIpc) is 3.16. The Morgan fingerprint density at radius 1 is 1.19 bits per heavy atom. The lowest BCUT2D eigenvalue weighted by Crippen LogP contribution is -2.48. The molecule has 1 aliphatic rings. The molecule has 1 aromatic heterocycles. The van der Waals surface area contributed by atoms with Gasteiger partial charge in [0, 0.05) is 35.4 Å². The van der Waals surface area contributed by atoms with Gasteiger partial charge < -0.3 is 15.3 Å². The van der Waals surface area contributed by atoms with E-state index >= 15 is 0 Å². The number of benzene rings is 2. The fourth-order valence-electron chi connectivity index (χ4n) is 4.09. The van der Waals surface area contributed by atoms with Crippen molar-refractivity contribution in [3.05, 3.63) is 69.2 Å². The van der Waals surface area contributed by atoms with Crippen molar-refractivity contribution >= 4 is 40.5 Å². The normalized spacial score (nSPS) is 16.1. The molecule has 1 amide bonds. The van der Waals surface area contributed by atoms with Gasteiger partial charge in [0.1, 0.15) is 9.88 Å². The summed E-state index contributed by atoms with van der Waals surface area (Å²) >= 11 is 7.35. The van der Waals surface area contributed by atoms with Crippen molar-refractivity contribution in [2.45, 2.75) is 32.7 Å². The van der Waals surface area contributed by atoms with Crippen molar-refractivity contribution < 1.29 is 14.7 Å². The van der Waals surface area contributed by atoms with E-state index in [1.807, 2.05) is 44.2 Å². The number of thiazole rings is 1. The van der Waals surface area contributed by atoms with Gasteiger partial charge >= 0.3 is 5.97 Å². The third kappa shape index (κ3) is 4.64. The van der Waals surface area contributed by atoms with Crippen LogP contribution in [0.4, 0.5) is 5.69 Å². The first-order chi connectivity index (χ1) is 15.3. The van der Waals surface area contributed by atoms with Crippen LogP contribution < -0.4 is 10.2 Å². The molecule has 1 atom stereocenters. The largest absolute Gasteiger partial charge is 0.478 e. The van der Waals surface area contributed by atoms with Crippen LogP contribution in [-0.2, 0) is 0 Å². The van der Waals surface area contributed by atoms with Gasteiger partial charge in [-0.25, -0.2) is 9.78 Å². The summed E-state index contributed by atoms with van der Waals surface area (Å²) in [5, 5.41) is 14.0. The monoisotopic (exact) mass is 469 g/mol. The summed E-state index contributed by atoms with van der Waals surface area (Å²) in [7, 11) is 0. The number of carboxylic acid groups (broad SMARTS) is 1. The fourth-order valence-corrected chi connectivity index (χ4v) is 5.19. The first-order valence-electron chi connectivity index (χ1n) is 10.5. The Morgan fingerprint density at radius 3 is 2.66 bits per heavy atom. The van der Waals surface area contributed by atoms with Crippen LogP contribution >= 0.6 is 22.9 Å². The molecule has 1 aliphatic heterocycles. The van der Waals surface area contributed by atoms with Crippen molar-refractivity contribution in [3.63, 3.8) is 0 Å². The summed E-state index contributed by atoms with van der Waals surface area (Å²) in [6.07, 6.45) is 1.79. The number of carbonyl (C=O) groups is 2. The van der Waals surface area contributed by atoms with Crippen LogP contribution in [0.15, 0.2) is 42.5 Å². The Morgan fingerprint density at radius 2 is 1.94 bits per heavy atom.